The second kappa shape index (κ2) is 8.34. The Balaban J connectivity index is 1.94. The second-order valence-corrected chi connectivity index (χ2v) is 8.14. The smallest absolute Gasteiger partial charge is 0.410 e. The molecule has 0 spiro atoms. The molecule has 1 fully saturated rings. The summed E-state index contributed by atoms with van der Waals surface area (Å²) >= 11 is 3.19. The lowest BCUT2D eigenvalue weighted by Gasteiger charge is -2.34. The molecule has 7 heteroatoms. The van der Waals surface area contributed by atoms with Crippen molar-refractivity contribution in [2.75, 3.05) is 19.7 Å². The highest BCUT2D eigenvalue weighted by Gasteiger charge is 2.28. The van der Waals surface area contributed by atoms with Crippen molar-refractivity contribution in [2.45, 2.75) is 45.6 Å². The lowest BCUT2D eigenvalue weighted by atomic mass is 9.99. The van der Waals surface area contributed by atoms with E-state index in [1.165, 1.54) is 6.07 Å². The van der Waals surface area contributed by atoms with E-state index in [1.54, 1.807) is 17.0 Å². The Bertz CT molecular complexity index is 604. The van der Waals surface area contributed by atoms with E-state index in [0.29, 0.717) is 24.2 Å². The van der Waals surface area contributed by atoms with Crippen LogP contribution in [0, 0.1) is 5.92 Å². The number of likely N-dealkylation sites (tertiary alicyclic amines) is 1. The largest absolute Gasteiger partial charge is 0.493 e. The van der Waals surface area contributed by atoms with Crippen LogP contribution >= 0.6 is 15.9 Å². The van der Waals surface area contributed by atoms with Gasteiger partial charge in [-0.15, -0.1) is 0 Å². The van der Waals surface area contributed by atoms with E-state index in [9.17, 15) is 13.6 Å². The minimum Gasteiger partial charge on any atom is -0.493 e. The van der Waals surface area contributed by atoms with Gasteiger partial charge in [-0.3, -0.25) is 0 Å². The summed E-state index contributed by atoms with van der Waals surface area (Å²) < 4.78 is 37.9. The fraction of sp³-hybridized carbons (Fsp3) is 0.611. The molecule has 1 aliphatic rings. The van der Waals surface area contributed by atoms with Crippen molar-refractivity contribution in [1.82, 2.24) is 4.90 Å². The molecular formula is C18H24BrF2NO3. The number of halogens is 3. The molecule has 0 radical (unpaired) electrons. The zero-order valence-corrected chi connectivity index (χ0v) is 16.3. The molecule has 1 aromatic rings. The molecule has 1 aromatic carbocycles. The van der Waals surface area contributed by atoms with Crippen molar-refractivity contribution < 1.29 is 23.0 Å². The molecule has 0 N–H and O–H groups in total. The summed E-state index contributed by atoms with van der Waals surface area (Å²) in [6, 6.07) is 4.59. The van der Waals surface area contributed by atoms with Gasteiger partial charge in [-0.1, -0.05) is 15.9 Å². The molecule has 1 heterocycles. The average Bonchev–Trinajstić information content (AvgIpc) is 2.52. The topological polar surface area (TPSA) is 38.8 Å². The number of benzene rings is 1. The van der Waals surface area contributed by atoms with Crippen LogP contribution in [0.5, 0.6) is 5.75 Å². The van der Waals surface area contributed by atoms with Gasteiger partial charge in [0.15, 0.2) is 0 Å². The lowest BCUT2D eigenvalue weighted by Crippen LogP contribution is -2.44. The summed E-state index contributed by atoms with van der Waals surface area (Å²) in [5.41, 5.74) is -0.668. The fourth-order valence-electron chi connectivity index (χ4n) is 2.72. The number of alkyl halides is 2. The van der Waals surface area contributed by atoms with E-state index in [2.05, 4.69) is 15.9 Å². The minimum absolute atomic E-state index is 0.0930. The molecule has 25 heavy (non-hydrogen) atoms. The predicted molar refractivity (Wildman–Crippen MR) is 95.1 cm³/mol. The molecule has 1 aliphatic heterocycles. The third-order valence-corrected chi connectivity index (χ3v) is 4.35. The third kappa shape index (κ3) is 6.13. The highest BCUT2D eigenvalue weighted by Crippen LogP contribution is 2.32. The van der Waals surface area contributed by atoms with Gasteiger partial charge in [0.2, 0.25) is 0 Å². The molecule has 1 saturated heterocycles. The van der Waals surface area contributed by atoms with E-state index in [-0.39, 0.29) is 23.3 Å². The average molecular weight is 420 g/mol. The molecule has 0 aromatic heterocycles. The van der Waals surface area contributed by atoms with Crippen molar-refractivity contribution in [2.24, 2.45) is 5.92 Å². The van der Waals surface area contributed by atoms with Crippen LogP contribution < -0.4 is 4.74 Å². The fourth-order valence-corrected chi connectivity index (χ4v) is 3.10. The van der Waals surface area contributed by atoms with Crippen molar-refractivity contribution in [3.05, 3.63) is 28.2 Å². The predicted octanol–water partition coefficient (Wildman–Crippen LogP) is 5.41. The first-order chi connectivity index (χ1) is 11.7. The third-order valence-electron chi connectivity index (χ3n) is 3.85. The normalized spacial score (nSPS) is 18.4. The van der Waals surface area contributed by atoms with E-state index in [1.807, 2.05) is 20.8 Å². The summed E-state index contributed by atoms with van der Waals surface area (Å²) in [5, 5.41) is 0. The van der Waals surface area contributed by atoms with Crippen LogP contribution in [0.15, 0.2) is 22.7 Å². The Hall–Kier alpha value is -1.37. The van der Waals surface area contributed by atoms with Crippen LogP contribution in [0.25, 0.3) is 0 Å². The number of amides is 1. The zero-order chi connectivity index (χ0) is 18.6. The molecule has 0 bridgehead atoms. The maximum atomic E-state index is 13.1. The molecule has 140 valence electrons. The maximum Gasteiger partial charge on any atom is 0.410 e. The zero-order valence-electron chi connectivity index (χ0n) is 14.7. The molecule has 1 amide bonds. The monoisotopic (exact) mass is 419 g/mol. The number of nitrogens with zero attached hydrogens (tertiary/aromatic N) is 1. The van der Waals surface area contributed by atoms with Gasteiger partial charge in [-0.05, 0) is 51.8 Å². The number of carbonyl (C=O) groups excluding carboxylic acids is 1. The first-order valence-corrected chi connectivity index (χ1v) is 9.13. The van der Waals surface area contributed by atoms with Crippen molar-refractivity contribution in [3.8, 4) is 5.75 Å². The Morgan fingerprint density at radius 3 is 2.76 bits per heavy atom. The number of ether oxygens (including phenoxy) is 2. The van der Waals surface area contributed by atoms with Crippen LogP contribution in [0.1, 0.15) is 45.6 Å². The van der Waals surface area contributed by atoms with E-state index in [4.69, 9.17) is 9.47 Å². The molecular weight excluding hydrogens is 396 g/mol. The number of piperidine rings is 1. The lowest BCUT2D eigenvalue weighted by molar-refractivity contribution is 0.0138. The molecule has 0 saturated carbocycles. The Morgan fingerprint density at radius 1 is 1.40 bits per heavy atom. The van der Waals surface area contributed by atoms with Crippen molar-refractivity contribution >= 4 is 22.0 Å². The SMILES string of the molecule is CC(C)(C)OC(=O)N1CCCC(COc2ccc(Br)cc2C(F)F)C1. The highest BCUT2D eigenvalue weighted by atomic mass is 79.9. The van der Waals surface area contributed by atoms with Gasteiger partial charge in [0.1, 0.15) is 11.4 Å². The summed E-state index contributed by atoms with van der Waals surface area (Å²) in [5.74, 6) is 0.281. The standard InChI is InChI=1S/C18H24BrF2NO3/c1-18(2,3)25-17(23)22-8-4-5-12(10-22)11-24-15-7-6-13(19)9-14(15)16(20)21/h6-7,9,12,16H,4-5,8,10-11H2,1-3H3. The van der Waals surface area contributed by atoms with Gasteiger partial charge in [0.25, 0.3) is 6.43 Å². The van der Waals surface area contributed by atoms with Crippen molar-refractivity contribution in [1.29, 1.82) is 0 Å². The van der Waals surface area contributed by atoms with Gasteiger partial charge >= 0.3 is 6.09 Å². The Labute approximate surface area is 155 Å². The summed E-state index contributed by atoms with van der Waals surface area (Å²) in [6.45, 7) is 6.93. The van der Waals surface area contributed by atoms with Crippen LogP contribution in [-0.2, 0) is 4.74 Å². The molecule has 4 nitrogen and oxygen atoms in total. The highest BCUT2D eigenvalue weighted by molar-refractivity contribution is 9.10. The van der Waals surface area contributed by atoms with Crippen LogP contribution in [0.4, 0.5) is 13.6 Å². The van der Waals surface area contributed by atoms with E-state index >= 15 is 0 Å². The summed E-state index contributed by atoms with van der Waals surface area (Å²) in [4.78, 5) is 13.8. The molecule has 2 rings (SSSR count). The number of carbonyl (C=O) groups is 1. The van der Waals surface area contributed by atoms with Gasteiger partial charge in [-0.25, -0.2) is 13.6 Å². The number of hydrogen-bond donors (Lipinski definition) is 0. The second-order valence-electron chi connectivity index (χ2n) is 7.23. The molecule has 1 unspecified atom stereocenters. The van der Waals surface area contributed by atoms with Crippen LogP contribution in [0.2, 0.25) is 0 Å². The Morgan fingerprint density at radius 2 is 2.12 bits per heavy atom. The first-order valence-electron chi connectivity index (χ1n) is 8.34. The van der Waals surface area contributed by atoms with Gasteiger partial charge in [0.05, 0.1) is 12.2 Å². The van der Waals surface area contributed by atoms with Crippen LogP contribution in [-0.4, -0.2) is 36.3 Å². The van der Waals surface area contributed by atoms with E-state index in [0.717, 1.165) is 12.8 Å². The quantitative estimate of drug-likeness (QED) is 0.654. The molecule has 0 aliphatic carbocycles. The van der Waals surface area contributed by atoms with Gasteiger partial charge < -0.3 is 14.4 Å². The van der Waals surface area contributed by atoms with E-state index < -0.39 is 12.0 Å². The molecule has 1 atom stereocenters. The first kappa shape index (κ1) is 19.9. The van der Waals surface area contributed by atoms with Gasteiger partial charge in [0, 0.05) is 23.5 Å². The maximum absolute atomic E-state index is 13.1. The minimum atomic E-state index is -2.60. The summed E-state index contributed by atoms with van der Waals surface area (Å²) in [6.07, 6.45) is -1.21. The number of rotatable bonds is 4. The Kier molecular flexibility index (Phi) is 6.65. The van der Waals surface area contributed by atoms with Crippen molar-refractivity contribution in [3.63, 3.8) is 0 Å². The van der Waals surface area contributed by atoms with Gasteiger partial charge in [-0.2, -0.15) is 0 Å². The summed E-state index contributed by atoms with van der Waals surface area (Å²) in [7, 11) is 0. The number of hydrogen-bond acceptors (Lipinski definition) is 3. The van der Waals surface area contributed by atoms with Crippen LogP contribution in [0.3, 0.4) is 0 Å².